The molecule has 1 rings (SSSR count). The SMILES string of the molecule is OCCN(CC(F)(F)F)c1ccc(CO)c(Br)c1. The van der Waals surface area contributed by atoms with E-state index in [9.17, 15) is 13.2 Å². The van der Waals surface area contributed by atoms with Crippen molar-refractivity contribution in [1.82, 2.24) is 0 Å². The number of aliphatic hydroxyl groups is 2. The minimum absolute atomic E-state index is 0.107. The van der Waals surface area contributed by atoms with Gasteiger partial charge in [0.05, 0.1) is 13.2 Å². The van der Waals surface area contributed by atoms with Crippen LogP contribution in [0.5, 0.6) is 0 Å². The Morgan fingerprint density at radius 1 is 1.22 bits per heavy atom. The van der Waals surface area contributed by atoms with Crippen molar-refractivity contribution in [3.63, 3.8) is 0 Å². The van der Waals surface area contributed by atoms with Crippen LogP contribution in [0.25, 0.3) is 0 Å². The van der Waals surface area contributed by atoms with Crippen molar-refractivity contribution in [1.29, 1.82) is 0 Å². The average molecular weight is 328 g/mol. The molecule has 0 aliphatic carbocycles. The number of aliphatic hydroxyl groups excluding tert-OH is 2. The first-order valence-electron chi connectivity index (χ1n) is 5.19. The second kappa shape index (κ2) is 6.40. The van der Waals surface area contributed by atoms with E-state index in [0.717, 1.165) is 4.90 Å². The standard InChI is InChI=1S/C11H13BrF3NO2/c12-10-5-9(2-1-8(10)6-18)16(3-4-17)7-11(13,14)15/h1-2,5,17-18H,3-4,6-7H2. The molecule has 0 radical (unpaired) electrons. The lowest BCUT2D eigenvalue weighted by Crippen LogP contribution is -2.36. The molecule has 0 bridgehead atoms. The summed E-state index contributed by atoms with van der Waals surface area (Å²) in [5, 5.41) is 17.8. The van der Waals surface area contributed by atoms with E-state index in [-0.39, 0.29) is 19.8 Å². The maximum Gasteiger partial charge on any atom is 0.405 e. The highest BCUT2D eigenvalue weighted by atomic mass is 79.9. The summed E-state index contributed by atoms with van der Waals surface area (Å²) in [7, 11) is 0. The van der Waals surface area contributed by atoms with Crippen molar-refractivity contribution in [2.45, 2.75) is 12.8 Å². The molecule has 0 aliphatic heterocycles. The number of rotatable bonds is 5. The van der Waals surface area contributed by atoms with E-state index >= 15 is 0 Å². The van der Waals surface area contributed by atoms with Crippen LogP contribution in [0.2, 0.25) is 0 Å². The molecule has 0 saturated heterocycles. The van der Waals surface area contributed by atoms with Gasteiger partial charge >= 0.3 is 6.18 Å². The topological polar surface area (TPSA) is 43.7 Å². The van der Waals surface area contributed by atoms with Gasteiger partial charge in [0.1, 0.15) is 6.54 Å². The molecule has 0 unspecified atom stereocenters. The third-order valence-corrected chi connectivity index (χ3v) is 3.05. The van der Waals surface area contributed by atoms with Gasteiger partial charge in [-0.05, 0) is 17.7 Å². The van der Waals surface area contributed by atoms with E-state index in [1.165, 1.54) is 12.1 Å². The smallest absolute Gasteiger partial charge is 0.395 e. The molecule has 0 spiro atoms. The maximum absolute atomic E-state index is 12.4. The van der Waals surface area contributed by atoms with Crippen molar-refractivity contribution in [2.75, 3.05) is 24.6 Å². The second-order valence-corrected chi connectivity index (χ2v) is 4.55. The number of hydrogen-bond donors (Lipinski definition) is 2. The second-order valence-electron chi connectivity index (χ2n) is 3.69. The molecule has 1 aromatic carbocycles. The van der Waals surface area contributed by atoms with Gasteiger partial charge in [-0.2, -0.15) is 13.2 Å². The summed E-state index contributed by atoms with van der Waals surface area (Å²) in [4.78, 5) is 1.03. The van der Waals surface area contributed by atoms with E-state index in [0.29, 0.717) is 15.7 Å². The van der Waals surface area contributed by atoms with Crippen LogP contribution in [0.3, 0.4) is 0 Å². The van der Waals surface area contributed by atoms with E-state index in [1.54, 1.807) is 6.07 Å². The van der Waals surface area contributed by atoms with Crippen LogP contribution in [0, 0.1) is 0 Å². The molecule has 1 aromatic rings. The van der Waals surface area contributed by atoms with Gasteiger partial charge in [0.2, 0.25) is 0 Å². The molecule has 18 heavy (non-hydrogen) atoms. The van der Waals surface area contributed by atoms with Crippen LogP contribution >= 0.6 is 15.9 Å². The average Bonchev–Trinajstić information content (AvgIpc) is 2.26. The van der Waals surface area contributed by atoms with Gasteiger partial charge in [0, 0.05) is 16.7 Å². The molecule has 0 atom stereocenters. The molecule has 0 heterocycles. The Balaban J connectivity index is 2.95. The summed E-state index contributed by atoms with van der Waals surface area (Å²) >= 11 is 3.18. The quantitative estimate of drug-likeness (QED) is 0.872. The van der Waals surface area contributed by atoms with Crippen molar-refractivity contribution >= 4 is 21.6 Å². The van der Waals surface area contributed by atoms with Crippen molar-refractivity contribution in [3.05, 3.63) is 28.2 Å². The molecular formula is C11H13BrF3NO2. The summed E-state index contributed by atoms with van der Waals surface area (Å²) in [6.45, 7) is -1.79. The number of benzene rings is 1. The largest absolute Gasteiger partial charge is 0.405 e. The molecule has 0 amide bonds. The Hall–Kier alpha value is -0.790. The van der Waals surface area contributed by atoms with Crippen LogP contribution in [0.15, 0.2) is 22.7 Å². The fourth-order valence-corrected chi connectivity index (χ4v) is 1.99. The molecular weight excluding hydrogens is 315 g/mol. The third-order valence-electron chi connectivity index (χ3n) is 2.31. The van der Waals surface area contributed by atoms with Crippen LogP contribution in [0.4, 0.5) is 18.9 Å². The molecule has 0 saturated carbocycles. The first kappa shape index (κ1) is 15.3. The molecule has 0 fully saturated rings. The number of halogens is 4. The summed E-state index contributed by atoms with van der Waals surface area (Å²) in [6, 6.07) is 4.52. The van der Waals surface area contributed by atoms with Gasteiger partial charge in [-0.1, -0.05) is 22.0 Å². The molecule has 0 aliphatic rings. The first-order valence-corrected chi connectivity index (χ1v) is 5.98. The van der Waals surface area contributed by atoms with Gasteiger partial charge in [0.15, 0.2) is 0 Å². The Morgan fingerprint density at radius 2 is 1.89 bits per heavy atom. The predicted octanol–water partition coefficient (Wildman–Crippen LogP) is 2.30. The van der Waals surface area contributed by atoms with Gasteiger partial charge < -0.3 is 15.1 Å². The summed E-state index contributed by atoms with van der Waals surface area (Å²) in [5.74, 6) is 0. The highest BCUT2D eigenvalue weighted by Gasteiger charge is 2.30. The first-order chi connectivity index (χ1) is 8.37. The predicted molar refractivity (Wildman–Crippen MR) is 65.4 cm³/mol. The van der Waals surface area contributed by atoms with E-state index in [4.69, 9.17) is 10.2 Å². The van der Waals surface area contributed by atoms with Crippen molar-refractivity contribution in [2.24, 2.45) is 0 Å². The zero-order valence-corrected chi connectivity index (χ0v) is 11.0. The Bertz CT molecular complexity index is 398. The third kappa shape index (κ3) is 4.47. The Morgan fingerprint density at radius 3 is 2.33 bits per heavy atom. The van der Waals surface area contributed by atoms with Crippen LogP contribution in [-0.4, -0.2) is 36.1 Å². The lowest BCUT2D eigenvalue weighted by Gasteiger charge is -2.25. The minimum Gasteiger partial charge on any atom is -0.395 e. The summed E-state index contributed by atoms with van der Waals surface area (Å²) in [5.41, 5.74) is 0.931. The molecule has 0 aromatic heterocycles. The number of nitrogens with zero attached hydrogens (tertiary/aromatic N) is 1. The van der Waals surface area contributed by atoms with Crippen molar-refractivity contribution < 1.29 is 23.4 Å². The highest BCUT2D eigenvalue weighted by molar-refractivity contribution is 9.10. The number of alkyl halides is 3. The maximum atomic E-state index is 12.4. The van der Waals surface area contributed by atoms with Gasteiger partial charge in [0.25, 0.3) is 0 Å². The van der Waals surface area contributed by atoms with Crippen LogP contribution in [-0.2, 0) is 6.61 Å². The molecule has 102 valence electrons. The monoisotopic (exact) mass is 327 g/mol. The van der Waals surface area contributed by atoms with E-state index in [1.807, 2.05) is 0 Å². The molecule has 7 heteroatoms. The number of hydrogen-bond acceptors (Lipinski definition) is 3. The van der Waals surface area contributed by atoms with E-state index in [2.05, 4.69) is 15.9 Å². The molecule has 3 nitrogen and oxygen atoms in total. The fourth-order valence-electron chi connectivity index (χ4n) is 1.50. The van der Waals surface area contributed by atoms with Crippen LogP contribution in [0.1, 0.15) is 5.56 Å². The fraction of sp³-hybridized carbons (Fsp3) is 0.455. The normalized spacial score (nSPS) is 11.7. The van der Waals surface area contributed by atoms with Gasteiger partial charge in [-0.25, -0.2) is 0 Å². The Labute approximate surface area is 111 Å². The lowest BCUT2D eigenvalue weighted by atomic mass is 10.2. The minimum atomic E-state index is -4.34. The molecule has 2 N–H and O–H groups in total. The Kier molecular flexibility index (Phi) is 5.43. The zero-order valence-electron chi connectivity index (χ0n) is 9.41. The van der Waals surface area contributed by atoms with Gasteiger partial charge in [-0.15, -0.1) is 0 Å². The summed E-state index contributed by atoms with van der Waals surface area (Å²) in [6.07, 6.45) is -4.34. The van der Waals surface area contributed by atoms with Crippen LogP contribution < -0.4 is 4.90 Å². The number of anilines is 1. The van der Waals surface area contributed by atoms with Crippen molar-refractivity contribution in [3.8, 4) is 0 Å². The summed E-state index contributed by atoms with van der Waals surface area (Å²) < 4.78 is 37.7. The zero-order chi connectivity index (χ0) is 13.8. The highest BCUT2D eigenvalue weighted by Crippen LogP contribution is 2.27. The van der Waals surface area contributed by atoms with Gasteiger partial charge in [-0.3, -0.25) is 0 Å². The lowest BCUT2D eigenvalue weighted by molar-refractivity contribution is -0.119. The van der Waals surface area contributed by atoms with E-state index < -0.39 is 12.7 Å².